The summed E-state index contributed by atoms with van der Waals surface area (Å²) in [6, 6.07) is 6.44. The van der Waals surface area contributed by atoms with E-state index in [0.29, 0.717) is 13.0 Å². The van der Waals surface area contributed by atoms with Crippen LogP contribution in [0.15, 0.2) is 38.5 Å². The quantitative estimate of drug-likeness (QED) is 0.562. The predicted molar refractivity (Wildman–Crippen MR) is 113 cm³/mol. The van der Waals surface area contributed by atoms with Gasteiger partial charge in [0.1, 0.15) is 5.00 Å². The van der Waals surface area contributed by atoms with Crippen LogP contribution in [0.4, 0.5) is 5.00 Å². The second kappa shape index (κ2) is 9.34. The Morgan fingerprint density at radius 3 is 2.32 bits per heavy atom. The highest BCUT2D eigenvalue weighted by Gasteiger charge is 2.30. The molecule has 156 valence electrons. The molecule has 1 N–H and O–H groups in total. The number of hydrogen-bond donors (Lipinski definition) is 1. The van der Waals surface area contributed by atoms with Crippen molar-refractivity contribution in [1.29, 1.82) is 0 Å². The van der Waals surface area contributed by atoms with Crippen LogP contribution in [0, 0.1) is 6.92 Å². The van der Waals surface area contributed by atoms with Gasteiger partial charge in [-0.25, -0.2) is 21.8 Å². The van der Waals surface area contributed by atoms with Crippen molar-refractivity contribution in [2.24, 2.45) is 0 Å². The van der Waals surface area contributed by atoms with Gasteiger partial charge < -0.3 is 10.2 Å². The summed E-state index contributed by atoms with van der Waals surface area (Å²) in [6.07, 6.45) is 1.22. The van der Waals surface area contributed by atoms with E-state index in [-0.39, 0.29) is 25.0 Å². The molecule has 28 heavy (non-hydrogen) atoms. The summed E-state index contributed by atoms with van der Waals surface area (Å²) in [4.78, 5) is 6.17. The highest BCUT2D eigenvalue weighted by atomic mass is 32.2. The Hall–Kier alpha value is -1.49. The maximum absolute atomic E-state index is 13.1. The lowest BCUT2D eigenvalue weighted by Crippen LogP contribution is -2.16. The van der Waals surface area contributed by atoms with Gasteiger partial charge in [-0.2, -0.15) is 0 Å². The summed E-state index contributed by atoms with van der Waals surface area (Å²) < 4.78 is 50.9. The number of benzene rings is 1. The van der Waals surface area contributed by atoms with Crippen LogP contribution in [-0.4, -0.2) is 59.7 Å². The van der Waals surface area contributed by atoms with Crippen LogP contribution in [-0.2, 0) is 19.7 Å². The third-order valence-corrected chi connectivity index (χ3v) is 9.18. The fraction of sp³-hybridized carbons (Fsp3) is 0.500. The monoisotopic (exact) mass is 445 g/mol. The van der Waals surface area contributed by atoms with Crippen molar-refractivity contribution in [2.45, 2.75) is 41.0 Å². The molecule has 0 fully saturated rings. The second-order valence-electron chi connectivity index (χ2n) is 6.83. The minimum atomic E-state index is -3.93. The molecule has 0 saturated heterocycles. The first-order chi connectivity index (χ1) is 13.1. The molecule has 0 unspecified atom stereocenters. The topological polar surface area (TPSA) is 96.4 Å². The van der Waals surface area contributed by atoms with Gasteiger partial charge in [-0.05, 0) is 52.5 Å². The van der Waals surface area contributed by atoms with Crippen molar-refractivity contribution in [3.63, 3.8) is 0 Å². The third-order valence-electron chi connectivity index (χ3n) is 3.97. The van der Waals surface area contributed by atoms with Gasteiger partial charge in [-0.3, -0.25) is 0 Å². The minimum absolute atomic E-state index is 0.0649. The number of anilines is 1. The fourth-order valence-electron chi connectivity index (χ4n) is 2.50. The smallest absolute Gasteiger partial charge is 0.226 e. The van der Waals surface area contributed by atoms with E-state index in [9.17, 15) is 16.8 Å². The zero-order chi connectivity index (χ0) is 20.9. The van der Waals surface area contributed by atoms with Gasteiger partial charge in [0.15, 0.2) is 5.03 Å². The molecule has 1 heterocycles. The first-order valence-corrected chi connectivity index (χ1v) is 13.0. The second-order valence-corrected chi connectivity index (χ2v) is 12.0. The maximum atomic E-state index is 13.1. The van der Waals surface area contributed by atoms with Crippen molar-refractivity contribution in [3.8, 4) is 0 Å². The lowest BCUT2D eigenvalue weighted by Gasteiger charge is -2.10. The molecule has 0 spiro atoms. The Bertz CT molecular complexity index is 995. The normalized spacial score (nSPS) is 12.5. The van der Waals surface area contributed by atoms with E-state index in [1.54, 1.807) is 19.1 Å². The molecule has 1 aromatic heterocycles. The van der Waals surface area contributed by atoms with Crippen LogP contribution in [0.5, 0.6) is 0 Å². The number of aromatic nitrogens is 1. The summed E-state index contributed by atoms with van der Waals surface area (Å²) >= 11 is 0.887. The number of rotatable bonds is 10. The summed E-state index contributed by atoms with van der Waals surface area (Å²) in [5.74, 6) is -0.0649. The van der Waals surface area contributed by atoms with Gasteiger partial charge in [0.25, 0.3) is 0 Å². The van der Waals surface area contributed by atoms with Crippen molar-refractivity contribution in [3.05, 3.63) is 29.8 Å². The molecule has 0 amide bonds. The molecule has 0 aliphatic carbocycles. The van der Waals surface area contributed by atoms with Crippen molar-refractivity contribution < 1.29 is 16.8 Å². The van der Waals surface area contributed by atoms with Crippen LogP contribution in [0.25, 0.3) is 0 Å². The minimum Gasteiger partial charge on any atom is -0.374 e. The number of thiazole rings is 1. The molecule has 2 aromatic rings. The zero-order valence-electron chi connectivity index (χ0n) is 16.6. The Balaban J connectivity index is 2.44. The number of sulfone groups is 2. The summed E-state index contributed by atoms with van der Waals surface area (Å²) in [5.41, 5.74) is 0.936. The van der Waals surface area contributed by atoms with Gasteiger partial charge in [0.2, 0.25) is 24.0 Å². The van der Waals surface area contributed by atoms with Crippen LogP contribution in [0.3, 0.4) is 0 Å². The lowest BCUT2D eigenvalue weighted by atomic mass is 10.2. The van der Waals surface area contributed by atoms with Crippen molar-refractivity contribution in [2.75, 3.05) is 38.3 Å². The summed E-state index contributed by atoms with van der Waals surface area (Å²) in [6.45, 7) is 4.97. The van der Waals surface area contributed by atoms with E-state index in [0.717, 1.165) is 29.9 Å². The third kappa shape index (κ3) is 5.53. The van der Waals surface area contributed by atoms with Gasteiger partial charge in [0, 0.05) is 6.54 Å². The Labute approximate surface area is 171 Å². The molecule has 0 saturated carbocycles. The van der Waals surface area contributed by atoms with E-state index in [1.165, 1.54) is 12.1 Å². The Morgan fingerprint density at radius 2 is 1.75 bits per heavy atom. The highest BCUT2D eigenvalue weighted by Crippen LogP contribution is 2.35. The van der Waals surface area contributed by atoms with E-state index < -0.39 is 19.7 Å². The van der Waals surface area contributed by atoms with Crippen LogP contribution in [0.1, 0.15) is 25.3 Å². The first-order valence-electron chi connectivity index (χ1n) is 9.02. The standard InChI is InChI=1S/C18H27N3O4S3/c1-5-13-27(22,23)18-20-17(16(26-18)19-11-6-12-21(3)4)28(24,25)15-9-7-14(2)8-10-15/h7-10,19H,5-6,11-13H2,1-4H3. The molecule has 0 aliphatic rings. The summed E-state index contributed by atoms with van der Waals surface area (Å²) in [5, 5.41) is 3.13. The lowest BCUT2D eigenvalue weighted by molar-refractivity contribution is 0.405. The fourth-order valence-corrected chi connectivity index (χ4v) is 6.88. The van der Waals surface area contributed by atoms with Crippen LogP contribution < -0.4 is 5.32 Å². The zero-order valence-corrected chi connectivity index (χ0v) is 19.0. The maximum Gasteiger partial charge on any atom is 0.226 e. The number of hydrogen-bond acceptors (Lipinski definition) is 8. The molecule has 0 radical (unpaired) electrons. The molecule has 7 nitrogen and oxygen atoms in total. The number of nitrogens with one attached hydrogen (secondary N) is 1. The molecule has 0 atom stereocenters. The van der Waals surface area contributed by atoms with Gasteiger partial charge >= 0.3 is 0 Å². The molecule has 10 heteroatoms. The first kappa shape index (κ1) is 22.8. The van der Waals surface area contributed by atoms with E-state index in [1.807, 2.05) is 25.9 Å². The SMILES string of the molecule is CCCS(=O)(=O)c1nc(S(=O)(=O)c2ccc(C)cc2)c(NCCCN(C)C)s1. The van der Waals surface area contributed by atoms with Crippen molar-refractivity contribution in [1.82, 2.24) is 9.88 Å². The Morgan fingerprint density at radius 1 is 1.11 bits per heavy atom. The van der Waals surface area contributed by atoms with Crippen LogP contribution >= 0.6 is 11.3 Å². The van der Waals surface area contributed by atoms with Crippen molar-refractivity contribution >= 4 is 36.0 Å². The molecule has 1 aromatic carbocycles. The summed E-state index contributed by atoms with van der Waals surface area (Å²) in [7, 11) is -3.64. The average Bonchev–Trinajstić information content (AvgIpc) is 3.05. The largest absolute Gasteiger partial charge is 0.374 e. The Kier molecular flexibility index (Phi) is 7.60. The van der Waals surface area contributed by atoms with E-state index >= 15 is 0 Å². The van der Waals surface area contributed by atoms with Gasteiger partial charge in [-0.15, -0.1) is 0 Å². The number of nitrogens with zero attached hydrogens (tertiary/aromatic N) is 2. The highest BCUT2D eigenvalue weighted by molar-refractivity contribution is 7.94. The molecule has 2 rings (SSSR count). The number of aryl methyl sites for hydroxylation is 1. The molecular weight excluding hydrogens is 418 g/mol. The molecular formula is C18H27N3O4S3. The van der Waals surface area contributed by atoms with Gasteiger partial charge in [-0.1, -0.05) is 36.0 Å². The van der Waals surface area contributed by atoms with E-state index in [2.05, 4.69) is 10.3 Å². The molecule has 0 bridgehead atoms. The van der Waals surface area contributed by atoms with E-state index in [4.69, 9.17) is 0 Å². The average molecular weight is 446 g/mol. The predicted octanol–water partition coefficient (Wildman–Crippen LogP) is 2.83. The van der Waals surface area contributed by atoms with Gasteiger partial charge in [0.05, 0.1) is 10.6 Å². The molecule has 0 aliphatic heterocycles. The van der Waals surface area contributed by atoms with Crippen LogP contribution in [0.2, 0.25) is 0 Å².